The van der Waals surface area contributed by atoms with Crippen LogP contribution < -0.4 is 0 Å². The van der Waals surface area contributed by atoms with Gasteiger partial charge in [-0.15, -0.1) is 0 Å². The second-order valence-corrected chi connectivity index (χ2v) is 5.78. The van der Waals surface area contributed by atoms with Gasteiger partial charge in [0, 0.05) is 0 Å². The summed E-state index contributed by atoms with van der Waals surface area (Å²) in [6.45, 7) is 6.40. The predicted molar refractivity (Wildman–Crippen MR) is 59.1 cm³/mol. The van der Waals surface area contributed by atoms with Gasteiger partial charge in [-0.1, -0.05) is 19.9 Å². The maximum absolute atomic E-state index is 10.6. The predicted octanol–water partition coefficient (Wildman–Crippen LogP) is 3.28. The highest BCUT2D eigenvalue weighted by Crippen LogP contribution is 2.51. The van der Waals surface area contributed by atoms with Crippen LogP contribution in [0.2, 0.25) is 0 Å². The summed E-state index contributed by atoms with van der Waals surface area (Å²) >= 11 is 0. The number of allylic oxidation sites excluding steroid dienone is 1. The van der Waals surface area contributed by atoms with Crippen molar-refractivity contribution in [1.82, 2.24) is 0 Å². The molecule has 0 radical (unpaired) electrons. The third-order valence-electron chi connectivity index (χ3n) is 4.56. The summed E-state index contributed by atoms with van der Waals surface area (Å²) in [7, 11) is 0. The molecule has 2 aliphatic rings. The number of hydrogen-bond donors (Lipinski definition) is 1. The Labute approximate surface area is 87.2 Å². The first kappa shape index (κ1) is 10.2. The molecule has 2 unspecified atom stereocenters. The van der Waals surface area contributed by atoms with Crippen LogP contribution in [-0.2, 0) is 0 Å². The van der Waals surface area contributed by atoms with Crippen molar-refractivity contribution in [1.29, 1.82) is 0 Å². The molecule has 1 saturated carbocycles. The third kappa shape index (κ3) is 1.33. The standard InChI is InChI=1S/C13H22O/c1-12(2)9-8-10-6-4-5-7-11(10)13(12,3)14/h7,10,14H,4-6,8-9H2,1-3H3. The summed E-state index contributed by atoms with van der Waals surface area (Å²) in [5.74, 6) is 0.673. The van der Waals surface area contributed by atoms with Gasteiger partial charge in [-0.2, -0.15) is 0 Å². The van der Waals surface area contributed by atoms with E-state index in [1.165, 1.54) is 24.8 Å². The molecule has 2 rings (SSSR count). The SMILES string of the molecule is CC1(C)CCC2CCCC=C2C1(C)O. The van der Waals surface area contributed by atoms with Gasteiger partial charge in [0.25, 0.3) is 0 Å². The van der Waals surface area contributed by atoms with E-state index in [9.17, 15) is 5.11 Å². The molecule has 1 heteroatoms. The Kier molecular flexibility index (Phi) is 2.26. The average Bonchev–Trinajstić information content (AvgIpc) is 2.13. The van der Waals surface area contributed by atoms with E-state index >= 15 is 0 Å². The maximum atomic E-state index is 10.6. The van der Waals surface area contributed by atoms with Crippen molar-refractivity contribution in [2.45, 2.75) is 58.5 Å². The van der Waals surface area contributed by atoms with E-state index in [2.05, 4.69) is 19.9 Å². The first-order valence-corrected chi connectivity index (χ1v) is 5.88. The van der Waals surface area contributed by atoms with E-state index in [0.717, 1.165) is 12.8 Å². The van der Waals surface area contributed by atoms with Gasteiger partial charge in [-0.25, -0.2) is 0 Å². The Morgan fingerprint density at radius 2 is 2.00 bits per heavy atom. The van der Waals surface area contributed by atoms with E-state index in [1.54, 1.807) is 0 Å². The summed E-state index contributed by atoms with van der Waals surface area (Å²) in [6, 6.07) is 0. The molecule has 1 nitrogen and oxygen atoms in total. The molecule has 0 spiro atoms. The molecule has 0 saturated heterocycles. The van der Waals surface area contributed by atoms with Crippen LogP contribution in [0.15, 0.2) is 11.6 Å². The number of rotatable bonds is 0. The summed E-state index contributed by atoms with van der Waals surface area (Å²) in [5.41, 5.74) is 0.809. The zero-order chi connectivity index (χ0) is 10.4. The topological polar surface area (TPSA) is 20.2 Å². The second-order valence-electron chi connectivity index (χ2n) is 5.78. The lowest BCUT2D eigenvalue weighted by molar-refractivity contribution is -0.0543. The summed E-state index contributed by atoms with van der Waals surface area (Å²) in [4.78, 5) is 0. The van der Waals surface area contributed by atoms with Gasteiger partial charge < -0.3 is 5.11 Å². The van der Waals surface area contributed by atoms with Gasteiger partial charge in [0.05, 0.1) is 5.60 Å². The van der Waals surface area contributed by atoms with Crippen molar-refractivity contribution in [3.05, 3.63) is 11.6 Å². The largest absolute Gasteiger partial charge is 0.385 e. The van der Waals surface area contributed by atoms with Gasteiger partial charge in [0.2, 0.25) is 0 Å². The monoisotopic (exact) mass is 194 g/mol. The Bertz CT molecular complexity index is 260. The lowest BCUT2D eigenvalue weighted by Crippen LogP contribution is -2.49. The van der Waals surface area contributed by atoms with Crippen LogP contribution in [0.1, 0.15) is 52.9 Å². The van der Waals surface area contributed by atoms with Gasteiger partial charge in [0.1, 0.15) is 0 Å². The van der Waals surface area contributed by atoms with Crippen LogP contribution >= 0.6 is 0 Å². The number of fused-ring (bicyclic) bond motifs is 1. The second kappa shape index (κ2) is 3.10. The van der Waals surface area contributed by atoms with Crippen molar-refractivity contribution < 1.29 is 5.11 Å². The zero-order valence-electron chi connectivity index (χ0n) is 9.64. The van der Waals surface area contributed by atoms with Crippen molar-refractivity contribution in [3.8, 4) is 0 Å². The van der Waals surface area contributed by atoms with Crippen LogP contribution in [0.3, 0.4) is 0 Å². The third-order valence-corrected chi connectivity index (χ3v) is 4.56. The molecule has 2 aliphatic carbocycles. The molecule has 0 amide bonds. The molecule has 0 aromatic heterocycles. The van der Waals surface area contributed by atoms with Crippen LogP contribution in [0.25, 0.3) is 0 Å². The van der Waals surface area contributed by atoms with Gasteiger partial charge >= 0.3 is 0 Å². The highest BCUT2D eigenvalue weighted by molar-refractivity contribution is 5.26. The molecule has 14 heavy (non-hydrogen) atoms. The Hall–Kier alpha value is -0.300. The first-order chi connectivity index (χ1) is 6.45. The minimum Gasteiger partial charge on any atom is -0.385 e. The number of aliphatic hydroxyl groups is 1. The lowest BCUT2D eigenvalue weighted by Gasteiger charge is -2.50. The molecule has 2 atom stereocenters. The fourth-order valence-corrected chi connectivity index (χ4v) is 3.01. The average molecular weight is 194 g/mol. The molecule has 0 aliphatic heterocycles. The summed E-state index contributed by atoms with van der Waals surface area (Å²) in [5, 5.41) is 10.6. The normalized spacial score (nSPS) is 41.4. The minimum absolute atomic E-state index is 0.0483. The molecular formula is C13H22O. The van der Waals surface area contributed by atoms with Crippen molar-refractivity contribution in [3.63, 3.8) is 0 Å². The smallest absolute Gasteiger partial charge is 0.0882 e. The van der Waals surface area contributed by atoms with E-state index in [-0.39, 0.29) is 5.41 Å². The summed E-state index contributed by atoms with van der Waals surface area (Å²) < 4.78 is 0. The van der Waals surface area contributed by atoms with E-state index in [1.807, 2.05) is 6.92 Å². The van der Waals surface area contributed by atoms with Crippen LogP contribution in [0, 0.1) is 11.3 Å². The molecule has 0 heterocycles. The molecule has 0 bridgehead atoms. The van der Waals surface area contributed by atoms with Crippen molar-refractivity contribution in [2.24, 2.45) is 11.3 Å². The van der Waals surface area contributed by atoms with Crippen molar-refractivity contribution >= 4 is 0 Å². The zero-order valence-corrected chi connectivity index (χ0v) is 9.64. The van der Waals surface area contributed by atoms with Gasteiger partial charge in [-0.3, -0.25) is 0 Å². The van der Waals surface area contributed by atoms with Crippen LogP contribution in [0.4, 0.5) is 0 Å². The molecule has 1 N–H and O–H groups in total. The first-order valence-electron chi connectivity index (χ1n) is 5.88. The highest BCUT2D eigenvalue weighted by atomic mass is 16.3. The number of hydrogen-bond acceptors (Lipinski definition) is 1. The fourth-order valence-electron chi connectivity index (χ4n) is 3.01. The fraction of sp³-hybridized carbons (Fsp3) is 0.846. The van der Waals surface area contributed by atoms with E-state index < -0.39 is 5.60 Å². The maximum Gasteiger partial charge on any atom is 0.0882 e. The minimum atomic E-state index is -0.573. The Morgan fingerprint density at radius 3 is 2.71 bits per heavy atom. The van der Waals surface area contributed by atoms with Crippen LogP contribution in [0.5, 0.6) is 0 Å². The van der Waals surface area contributed by atoms with Crippen molar-refractivity contribution in [2.75, 3.05) is 0 Å². The molecule has 80 valence electrons. The van der Waals surface area contributed by atoms with Gasteiger partial charge in [-0.05, 0) is 55.9 Å². The molecule has 0 aromatic rings. The van der Waals surface area contributed by atoms with E-state index in [0.29, 0.717) is 5.92 Å². The van der Waals surface area contributed by atoms with Crippen LogP contribution in [-0.4, -0.2) is 10.7 Å². The summed E-state index contributed by atoms with van der Waals surface area (Å²) in [6.07, 6.45) is 8.49. The molecular weight excluding hydrogens is 172 g/mol. The lowest BCUT2D eigenvalue weighted by atomic mass is 9.58. The quantitative estimate of drug-likeness (QED) is 0.587. The van der Waals surface area contributed by atoms with Gasteiger partial charge in [0.15, 0.2) is 0 Å². The Morgan fingerprint density at radius 1 is 1.29 bits per heavy atom. The molecule has 0 aromatic carbocycles. The van der Waals surface area contributed by atoms with E-state index in [4.69, 9.17) is 0 Å². The highest BCUT2D eigenvalue weighted by Gasteiger charge is 2.48. The molecule has 1 fully saturated rings. The Balaban J connectivity index is 2.35.